The quantitative estimate of drug-likeness (QED) is 0.786. The molecular formula is C17H20FNO. The zero-order valence-corrected chi connectivity index (χ0v) is 11.9. The predicted octanol–water partition coefficient (Wildman–Crippen LogP) is 4.44. The van der Waals surface area contributed by atoms with Crippen molar-refractivity contribution in [2.45, 2.75) is 19.8 Å². The molecule has 0 saturated heterocycles. The Morgan fingerprint density at radius 2 is 1.75 bits per heavy atom. The molecule has 2 rings (SSSR count). The topological polar surface area (TPSA) is 21.3 Å². The molecule has 0 heterocycles. The molecule has 0 aliphatic carbocycles. The van der Waals surface area contributed by atoms with E-state index in [9.17, 15) is 4.39 Å². The number of hydrogen-bond acceptors (Lipinski definition) is 2. The second kappa shape index (κ2) is 6.94. The van der Waals surface area contributed by atoms with Crippen LogP contribution in [0.15, 0.2) is 48.5 Å². The number of anilines is 1. The van der Waals surface area contributed by atoms with E-state index in [1.54, 1.807) is 18.2 Å². The van der Waals surface area contributed by atoms with Gasteiger partial charge in [0.25, 0.3) is 0 Å². The molecule has 2 aromatic carbocycles. The van der Waals surface area contributed by atoms with Crippen LogP contribution in [0.4, 0.5) is 10.1 Å². The Morgan fingerprint density at radius 1 is 1.05 bits per heavy atom. The van der Waals surface area contributed by atoms with Gasteiger partial charge in [-0.15, -0.1) is 0 Å². The van der Waals surface area contributed by atoms with Gasteiger partial charge < -0.3 is 10.1 Å². The number of rotatable bonds is 6. The Hall–Kier alpha value is -2.03. The van der Waals surface area contributed by atoms with Gasteiger partial charge in [-0.2, -0.15) is 0 Å². The van der Waals surface area contributed by atoms with Crippen LogP contribution in [-0.2, 0) is 0 Å². The minimum atomic E-state index is -0.241. The van der Waals surface area contributed by atoms with Gasteiger partial charge in [0.1, 0.15) is 18.2 Å². The molecule has 0 unspecified atom stereocenters. The number of benzene rings is 2. The smallest absolute Gasteiger partial charge is 0.146 e. The highest BCUT2D eigenvalue weighted by Crippen LogP contribution is 2.25. The minimum Gasteiger partial charge on any atom is -0.491 e. The zero-order chi connectivity index (χ0) is 14.4. The lowest BCUT2D eigenvalue weighted by atomic mass is 10.0. The van der Waals surface area contributed by atoms with Crippen LogP contribution in [0.3, 0.4) is 0 Å². The molecule has 0 radical (unpaired) electrons. The van der Waals surface area contributed by atoms with Crippen LogP contribution in [0.25, 0.3) is 0 Å². The summed E-state index contributed by atoms with van der Waals surface area (Å²) in [4.78, 5) is 0. The second-order valence-corrected chi connectivity index (χ2v) is 4.95. The molecule has 3 heteroatoms. The lowest BCUT2D eigenvalue weighted by molar-refractivity contribution is 0.328. The fraction of sp³-hybridized carbons (Fsp3) is 0.294. The van der Waals surface area contributed by atoms with Crippen LogP contribution < -0.4 is 10.1 Å². The maximum Gasteiger partial charge on any atom is 0.146 e. The first kappa shape index (κ1) is 14.4. The monoisotopic (exact) mass is 273 g/mol. The predicted molar refractivity (Wildman–Crippen MR) is 80.9 cm³/mol. The SMILES string of the molecule is CC(C)c1ccccc1OCCNc1ccccc1F. The van der Waals surface area contributed by atoms with Crippen molar-refractivity contribution in [1.29, 1.82) is 0 Å². The average Bonchev–Trinajstić information content (AvgIpc) is 2.45. The lowest BCUT2D eigenvalue weighted by Crippen LogP contribution is -2.13. The Morgan fingerprint density at radius 3 is 2.50 bits per heavy atom. The summed E-state index contributed by atoms with van der Waals surface area (Å²) in [5.41, 5.74) is 1.70. The number of para-hydroxylation sites is 2. The summed E-state index contributed by atoms with van der Waals surface area (Å²) in [6.07, 6.45) is 0. The Kier molecular flexibility index (Phi) is 4.99. The van der Waals surface area contributed by atoms with Gasteiger partial charge in [-0.05, 0) is 29.7 Å². The summed E-state index contributed by atoms with van der Waals surface area (Å²) in [6.45, 7) is 5.34. The van der Waals surface area contributed by atoms with E-state index >= 15 is 0 Å². The maximum atomic E-state index is 13.4. The van der Waals surface area contributed by atoms with Gasteiger partial charge in [-0.25, -0.2) is 4.39 Å². The van der Waals surface area contributed by atoms with E-state index in [1.165, 1.54) is 11.6 Å². The van der Waals surface area contributed by atoms with E-state index in [-0.39, 0.29) is 5.82 Å². The summed E-state index contributed by atoms with van der Waals surface area (Å²) < 4.78 is 19.2. The first-order valence-corrected chi connectivity index (χ1v) is 6.88. The number of nitrogens with one attached hydrogen (secondary N) is 1. The summed E-state index contributed by atoms with van der Waals surface area (Å²) in [5, 5.41) is 3.03. The van der Waals surface area contributed by atoms with Crippen molar-refractivity contribution in [2.24, 2.45) is 0 Å². The zero-order valence-electron chi connectivity index (χ0n) is 11.9. The second-order valence-electron chi connectivity index (χ2n) is 4.95. The lowest BCUT2D eigenvalue weighted by Gasteiger charge is -2.14. The van der Waals surface area contributed by atoms with Crippen LogP contribution in [0.5, 0.6) is 5.75 Å². The largest absolute Gasteiger partial charge is 0.491 e. The van der Waals surface area contributed by atoms with Gasteiger partial charge in [-0.3, -0.25) is 0 Å². The molecule has 0 bridgehead atoms. The summed E-state index contributed by atoms with van der Waals surface area (Å²) in [5.74, 6) is 1.08. The Labute approximate surface area is 119 Å². The molecular weight excluding hydrogens is 253 g/mol. The average molecular weight is 273 g/mol. The van der Waals surface area contributed by atoms with E-state index < -0.39 is 0 Å². The maximum absolute atomic E-state index is 13.4. The highest BCUT2D eigenvalue weighted by atomic mass is 19.1. The first-order valence-electron chi connectivity index (χ1n) is 6.88. The van der Waals surface area contributed by atoms with Gasteiger partial charge in [0.05, 0.1) is 5.69 Å². The molecule has 0 spiro atoms. The van der Waals surface area contributed by atoms with Gasteiger partial charge >= 0.3 is 0 Å². The van der Waals surface area contributed by atoms with Crippen molar-refractivity contribution in [3.05, 3.63) is 59.9 Å². The third kappa shape index (κ3) is 3.73. The van der Waals surface area contributed by atoms with Crippen molar-refractivity contribution in [1.82, 2.24) is 0 Å². The van der Waals surface area contributed by atoms with Crippen molar-refractivity contribution < 1.29 is 9.13 Å². The fourth-order valence-electron chi connectivity index (χ4n) is 2.04. The van der Waals surface area contributed by atoms with Crippen LogP contribution in [0, 0.1) is 5.82 Å². The molecule has 2 nitrogen and oxygen atoms in total. The van der Waals surface area contributed by atoms with E-state index in [0.717, 1.165) is 5.75 Å². The molecule has 0 aliphatic heterocycles. The van der Waals surface area contributed by atoms with Gasteiger partial charge in [0, 0.05) is 6.54 Å². The summed E-state index contributed by atoms with van der Waals surface area (Å²) >= 11 is 0. The van der Waals surface area contributed by atoms with Crippen molar-refractivity contribution in [3.8, 4) is 5.75 Å². The van der Waals surface area contributed by atoms with Crippen LogP contribution >= 0.6 is 0 Å². The van der Waals surface area contributed by atoms with Crippen LogP contribution in [0.1, 0.15) is 25.3 Å². The molecule has 0 amide bonds. The molecule has 2 aromatic rings. The highest BCUT2D eigenvalue weighted by molar-refractivity contribution is 5.44. The Bertz CT molecular complexity index is 554. The van der Waals surface area contributed by atoms with Crippen molar-refractivity contribution in [3.63, 3.8) is 0 Å². The molecule has 20 heavy (non-hydrogen) atoms. The van der Waals surface area contributed by atoms with E-state index in [2.05, 4.69) is 25.2 Å². The minimum absolute atomic E-state index is 0.241. The van der Waals surface area contributed by atoms with Crippen molar-refractivity contribution in [2.75, 3.05) is 18.5 Å². The summed E-state index contributed by atoms with van der Waals surface area (Å²) in [6, 6.07) is 14.7. The molecule has 0 saturated carbocycles. The first-order chi connectivity index (χ1) is 9.68. The van der Waals surface area contributed by atoms with Crippen molar-refractivity contribution >= 4 is 5.69 Å². The van der Waals surface area contributed by atoms with E-state index in [4.69, 9.17) is 4.74 Å². The fourth-order valence-corrected chi connectivity index (χ4v) is 2.04. The normalized spacial score (nSPS) is 10.6. The third-order valence-corrected chi connectivity index (χ3v) is 3.09. The van der Waals surface area contributed by atoms with Gasteiger partial charge in [0.2, 0.25) is 0 Å². The molecule has 1 N–H and O–H groups in total. The molecule has 0 fully saturated rings. The van der Waals surface area contributed by atoms with E-state index in [1.807, 2.05) is 18.2 Å². The number of hydrogen-bond donors (Lipinski definition) is 1. The van der Waals surface area contributed by atoms with Gasteiger partial charge in [0.15, 0.2) is 0 Å². The number of halogens is 1. The molecule has 106 valence electrons. The summed E-state index contributed by atoms with van der Waals surface area (Å²) in [7, 11) is 0. The Balaban J connectivity index is 1.86. The highest BCUT2D eigenvalue weighted by Gasteiger charge is 2.06. The molecule has 0 atom stereocenters. The van der Waals surface area contributed by atoms with Gasteiger partial charge in [-0.1, -0.05) is 44.2 Å². The standard InChI is InChI=1S/C17H20FNO/c1-13(2)14-7-3-6-10-17(14)20-12-11-19-16-9-5-4-8-15(16)18/h3-10,13,19H,11-12H2,1-2H3. The van der Waals surface area contributed by atoms with Crippen LogP contribution in [-0.4, -0.2) is 13.2 Å². The van der Waals surface area contributed by atoms with E-state index in [0.29, 0.717) is 24.8 Å². The van der Waals surface area contributed by atoms with Crippen LogP contribution in [0.2, 0.25) is 0 Å². The molecule has 0 aliphatic rings. The molecule has 0 aromatic heterocycles. The third-order valence-electron chi connectivity index (χ3n) is 3.09. The number of ether oxygens (including phenoxy) is 1.